The summed E-state index contributed by atoms with van der Waals surface area (Å²) in [5, 5.41) is 9.40. The third kappa shape index (κ3) is 2.97. The van der Waals surface area contributed by atoms with Crippen molar-refractivity contribution in [1.82, 2.24) is 0 Å². The second-order valence-corrected chi connectivity index (χ2v) is 6.88. The van der Waals surface area contributed by atoms with Crippen molar-refractivity contribution in [3.05, 3.63) is 23.8 Å². The highest BCUT2D eigenvalue weighted by Gasteiger charge is 2.48. The zero-order valence-electron chi connectivity index (χ0n) is 13.3. The zero-order chi connectivity index (χ0) is 16.0. The maximum Gasteiger partial charge on any atom is 0.337 e. The maximum atomic E-state index is 11.5. The number of nitrogens with two attached hydrogens (primary N) is 1. The predicted octanol–water partition coefficient (Wildman–Crippen LogP) is 2.75. The van der Waals surface area contributed by atoms with Gasteiger partial charge in [0, 0.05) is 12.7 Å². The Labute approximate surface area is 125 Å². The summed E-state index contributed by atoms with van der Waals surface area (Å²) in [4.78, 5) is 13.5. The standard InChI is InChI=1S/C16H24N2O3/c1-15(2)9-13(16(3,4)21-15)18(5)12-7-6-10(17)8-11(12)14(19)20/h6-8,13H,9,17H2,1-5H3,(H,19,20). The Hall–Kier alpha value is -1.75. The number of ether oxygens (including phenoxy) is 1. The van der Waals surface area contributed by atoms with E-state index in [0.717, 1.165) is 6.42 Å². The Morgan fingerprint density at radius 3 is 2.48 bits per heavy atom. The molecule has 2 rings (SSSR count). The number of carboxylic acid groups (broad SMARTS) is 1. The van der Waals surface area contributed by atoms with E-state index in [2.05, 4.69) is 13.8 Å². The van der Waals surface area contributed by atoms with Crippen LogP contribution >= 0.6 is 0 Å². The SMILES string of the molecule is CN(c1ccc(N)cc1C(=O)O)C1CC(C)(C)OC1(C)C. The molecular weight excluding hydrogens is 268 g/mol. The first-order valence-corrected chi connectivity index (χ1v) is 7.09. The van der Waals surface area contributed by atoms with Crippen molar-refractivity contribution in [2.24, 2.45) is 0 Å². The normalized spacial score (nSPS) is 23.0. The fourth-order valence-electron chi connectivity index (χ4n) is 3.34. The van der Waals surface area contributed by atoms with Crippen LogP contribution in [0, 0.1) is 0 Å². The van der Waals surface area contributed by atoms with Gasteiger partial charge in [-0.3, -0.25) is 0 Å². The van der Waals surface area contributed by atoms with Gasteiger partial charge in [-0.15, -0.1) is 0 Å². The topological polar surface area (TPSA) is 75.8 Å². The number of benzene rings is 1. The van der Waals surface area contributed by atoms with Gasteiger partial charge in [0.15, 0.2) is 0 Å². The number of aromatic carboxylic acids is 1. The van der Waals surface area contributed by atoms with Crippen LogP contribution in [0.5, 0.6) is 0 Å². The number of carboxylic acids is 1. The van der Waals surface area contributed by atoms with Crippen molar-refractivity contribution in [2.75, 3.05) is 17.7 Å². The van der Waals surface area contributed by atoms with Gasteiger partial charge >= 0.3 is 5.97 Å². The van der Waals surface area contributed by atoms with Gasteiger partial charge in [0.2, 0.25) is 0 Å². The van der Waals surface area contributed by atoms with Crippen molar-refractivity contribution in [3.8, 4) is 0 Å². The summed E-state index contributed by atoms with van der Waals surface area (Å²) < 4.78 is 6.10. The average molecular weight is 292 g/mol. The molecule has 0 saturated carbocycles. The molecule has 0 radical (unpaired) electrons. The largest absolute Gasteiger partial charge is 0.478 e. The summed E-state index contributed by atoms with van der Waals surface area (Å²) in [7, 11) is 1.91. The van der Waals surface area contributed by atoms with E-state index in [0.29, 0.717) is 11.4 Å². The van der Waals surface area contributed by atoms with Crippen LogP contribution in [0.3, 0.4) is 0 Å². The number of rotatable bonds is 3. The molecule has 5 nitrogen and oxygen atoms in total. The molecule has 1 fully saturated rings. The molecule has 1 aromatic rings. The van der Waals surface area contributed by atoms with Crippen LogP contribution in [0.15, 0.2) is 18.2 Å². The first-order valence-electron chi connectivity index (χ1n) is 7.09. The average Bonchev–Trinajstić information content (AvgIpc) is 2.56. The van der Waals surface area contributed by atoms with Crippen molar-refractivity contribution >= 4 is 17.3 Å². The molecule has 0 spiro atoms. The van der Waals surface area contributed by atoms with E-state index in [-0.39, 0.29) is 22.8 Å². The molecule has 1 aromatic carbocycles. The summed E-state index contributed by atoms with van der Waals surface area (Å²) in [6, 6.07) is 5.09. The van der Waals surface area contributed by atoms with E-state index >= 15 is 0 Å². The quantitative estimate of drug-likeness (QED) is 0.838. The van der Waals surface area contributed by atoms with Crippen LogP contribution in [0.1, 0.15) is 44.5 Å². The van der Waals surface area contributed by atoms with Crippen LogP contribution in [-0.2, 0) is 4.74 Å². The predicted molar refractivity (Wildman–Crippen MR) is 83.9 cm³/mol. The van der Waals surface area contributed by atoms with E-state index in [1.807, 2.05) is 25.8 Å². The third-order valence-electron chi connectivity index (χ3n) is 4.13. The number of hydrogen-bond acceptors (Lipinski definition) is 4. The Morgan fingerprint density at radius 1 is 1.38 bits per heavy atom. The number of nitrogens with zero attached hydrogens (tertiary/aromatic N) is 1. The number of carbonyl (C=O) groups is 1. The number of nitrogen functional groups attached to an aromatic ring is 1. The smallest absolute Gasteiger partial charge is 0.337 e. The van der Waals surface area contributed by atoms with Gasteiger partial charge in [-0.2, -0.15) is 0 Å². The molecule has 1 unspecified atom stereocenters. The van der Waals surface area contributed by atoms with Crippen molar-refractivity contribution < 1.29 is 14.6 Å². The van der Waals surface area contributed by atoms with Gasteiger partial charge < -0.3 is 20.5 Å². The monoisotopic (exact) mass is 292 g/mol. The van der Waals surface area contributed by atoms with Crippen molar-refractivity contribution in [1.29, 1.82) is 0 Å². The molecule has 0 amide bonds. The van der Waals surface area contributed by atoms with E-state index in [1.54, 1.807) is 12.1 Å². The molecular formula is C16H24N2O3. The highest BCUT2D eigenvalue weighted by Crippen LogP contribution is 2.41. The first kappa shape index (κ1) is 15.6. The van der Waals surface area contributed by atoms with Gasteiger partial charge in [-0.05, 0) is 52.3 Å². The molecule has 116 valence electrons. The van der Waals surface area contributed by atoms with Crippen molar-refractivity contribution in [2.45, 2.75) is 51.4 Å². The lowest BCUT2D eigenvalue weighted by Crippen LogP contribution is -2.45. The van der Waals surface area contributed by atoms with Crippen LogP contribution in [-0.4, -0.2) is 35.4 Å². The Morgan fingerprint density at radius 2 is 2.00 bits per heavy atom. The molecule has 1 aliphatic heterocycles. The highest BCUT2D eigenvalue weighted by atomic mass is 16.5. The number of anilines is 2. The van der Waals surface area contributed by atoms with E-state index in [9.17, 15) is 9.90 Å². The lowest BCUT2D eigenvalue weighted by molar-refractivity contribution is -0.0676. The van der Waals surface area contributed by atoms with Crippen LogP contribution in [0.25, 0.3) is 0 Å². The van der Waals surface area contributed by atoms with Crippen LogP contribution < -0.4 is 10.6 Å². The molecule has 0 bridgehead atoms. The lowest BCUT2D eigenvalue weighted by atomic mass is 9.92. The van der Waals surface area contributed by atoms with E-state index in [4.69, 9.17) is 10.5 Å². The van der Waals surface area contributed by atoms with Gasteiger partial charge in [0.05, 0.1) is 28.5 Å². The zero-order valence-corrected chi connectivity index (χ0v) is 13.3. The maximum absolute atomic E-state index is 11.5. The Bertz CT molecular complexity index is 567. The second kappa shape index (κ2) is 4.91. The van der Waals surface area contributed by atoms with Gasteiger partial charge in [-0.25, -0.2) is 4.79 Å². The molecule has 1 heterocycles. The fourth-order valence-corrected chi connectivity index (χ4v) is 3.34. The summed E-state index contributed by atoms with van der Waals surface area (Å²) in [6.07, 6.45) is 0.833. The van der Waals surface area contributed by atoms with Crippen LogP contribution in [0.2, 0.25) is 0 Å². The fraction of sp³-hybridized carbons (Fsp3) is 0.562. The number of likely N-dealkylation sites (N-methyl/N-ethyl adjacent to an activating group) is 1. The summed E-state index contributed by atoms with van der Waals surface area (Å²) >= 11 is 0. The molecule has 1 saturated heterocycles. The van der Waals surface area contributed by atoms with E-state index < -0.39 is 5.97 Å². The molecule has 1 aliphatic rings. The molecule has 21 heavy (non-hydrogen) atoms. The minimum absolute atomic E-state index is 0.0919. The minimum atomic E-state index is -0.972. The first-order chi connectivity index (χ1) is 9.53. The van der Waals surface area contributed by atoms with Crippen molar-refractivity contribution in [3.63, 3.8) is 0 Å². The minimum Gasteiger partial charge on any atom is -0.478 e. The van der Waals surface area contributed by atoms with Gasteiger partial charge in [0.1, 0.15) is 0 Å². The molecule has 0 aromatic heterocycles. The van der Waals surface area contributed by atoms with Crippen LogP contribution in [0.4, 0.5) is 11.4 Å². The van der Waals surface area contributed by atoms with Gasteiger partial charge in [-0.1, -0.05) is 0 Å². The summed E-state index contributed by atoms with van der Waals surface area (Å²) in [5.41, 5.74) is 6.47. The highest BCUT2D eigenvalue weighted by molar-refractivity contribution is 5.95. The molecule has 3 N–H and O–H groups in total. The number of hydrogen-bond donors (Lipinski definition) is 2. The summed E-state index contributed by atoms with van der Waals surface area (Å²) in [6.45, 7) is 8.20. The molecule has 1 atom stereocenters. The lowest BCUT2D eigenvalue weighted by Gasteiger charge is -2.35. The summed E-state index contributed by atoms with van der Waals surface area (Å²) in [5.74, 6) is -0.972. The van der Waals surface area contributed by atoms with E-state index in [1.165, 1.54) is 6.07 Å². The molecule has 5 heteroatoms. The Kier molecular flexibility index (Phi) is 3.66. The van der Waals surface area contributed by atoms with Gasteiger partial charge in [0.25, 0.3) is 0 Å². The second-order valence-electron chi connectivity index (χ2n) is 6.88. The molecule has 0 aliphatic carbocycles. The third-order valence-corrected chi connectivity index (χ3v) is 4.13. The Balaban J connectivity index is 2.41.